The number of furan rings is 1. The number of nitrogens with zero attached hydrogens (tertiary/aromatic N) is 1. The molecule has 0 fully saturated rings. The Bertz CT molecular complexity index is 535. The van der Waals surface area contributed by atoms with Crippen LogP contribution in [0.3, 0.4) is 0 Å². The molecular formula is C12H18N2O3S. The van der Waals surface area contributed by atoms with E-state index in [4.69, 9.17) is 4.42 Å². The summed E-state index contributed by atoms with van der Waals surface area (Å²) < 4.78 is 29.9. The lowest BCUT2D eigenvalue weighted by Crippen LogP contribution is -2.21. The molecule has 1 N–H and O–H groups in total. The molecule has 0 bridgehead atoms. The Morgan fingerprint density at radius 2 is 2.11 bits per heavy atom. The van der Waals surface area contributed by atoms with E-state index in [2.05, 4.69) is 17.2 Å². The largest absolute Gasteiger partial charge is 0.447 e. The van der Waals surface area contributed by atoms with Crippen molar-refractivity contribution in [2.75, 3.05) is 20.6 Å². The molecule has 18 heavy (non-hydrogen) atoms. The highest BCUT2D eigenvalue weighted by Gasteiger charge is 2.21. The van der Waals surface area contributed by atoms with Gasteiger partial charge in [-0.05, 0) is 19.1 Å². The minimum absolute atomic E-state index is 0.0300. The summed E-state index contributed by atoms with van der Waals surface area (Å²) in [7, 11) is -0.536. The van der Waals surface area contributed by atoms with Gasteiger partial charge in [0.15, 0.2) is 0 Å². The van der Waals surface area contributed by atoms with Crippen LogP contribution in [0.4, 0.5) is 0 Å². The van der Waals surface area contributed by atoms with Crippen LogP contribution in [0.25, 0.3) is 0 Å². The predicted molar refractivity (Wildman–Crippen MR) is 69.4 cm³/mol. The Labute approximate surface area is 108 Å². The summed E-state index contributed by atoms with van der Waals surface area (Å²) in [6.45, 7) is 3.04. The molecule has 6 heteroatoms. The molecule has 5 nitrogen and oxygen atoms in total. The predicted octanol–water partition coefficient (Wildman–Crippen LogP) is 1.03. The number of hydrogen-bond acceptors (Lipinski definition) is 4. The number of rotatable bonds is 6. The zero-order chi connectivity index (χ0) is 13.6. The van der Waals surface area contributed by atoms with Crippen LogP contribution in [0, 0.1) is 11.8 Å². The van der Waals surface area contributed by atoms with Gasteiger partial charge in [0, 0.05) is 27.1 Å². The van der Waals surface area contributed by atoms with E-state index < -0.39 is 10.0 Å². The van der Waals surface area contributed by atoms with E-state index in [1.54, 1.807) is 13.0 Å². The highest BCUT2D eigenvalue weighted by atomic mass is 32.2. The van der Waals surface area contributed by atoms with Gasteiger partial charge in [0.1, 0.15) is 5.76 Å². The molecule has 0 unspecified atom stereocenters. The number of nitrogens with one attached hydrogen (secondary N) is 1. The molecule has 0 spiro atoms. The van der Waals surface area contributed by atoms with E-state index in [-0.39, 0.29) is 5.09 Å². The maximum atomic E-state index is 11.8. The van der Waals surface area contributed by atoms with Crippen LogP contribution in [-0.4, -0.2) is 33.4 Å². The average Bonchev–Trinajstić information content (AvgIpc) is 2.78. The van der Waals surface area contributed by atoms with E-state index in [0.29, 0.717) is 12.3 Å². The van der Waals surface area contributed by atoms with E-state index in [9.17, 15) is 8.42 Å². The normalized spacial score (nSPS) is 11.3. The Morgan fingerprint density at radius 1 is 1.39 bits per heavy atom. The maximum Gasteiger partial charge on any atom is 0.275 e. The molecule has 1 heterocycles. The van der Waals surface area contributed by atoms with Crippen molar-refractivity contribution in [3.63, 3.8) is 0 Å². The highest BCUT2D eigenvalue weighted by Crippen LogP contribution is 2.16. The summed E-state index contributed by atoms with van der Waals surface area (Å²) in [4.78, 5) is 0. The van der Waals surface area contributed by atoms with Crippen molar-refractivity contribution in [2.24, 2.45) is 0 Å². The Morgan fingerprint density at radius 3 is 2.72 bits per heavy atom. The fraction of sp³-hybridized carbons (Fsp3) is 0.500. The van der Waals surface area contributed by atoms with Crippen LogP contribution in [0.1, 0.15) is 19.1 Å². The summed E-state index contributed by atoms with van der Waals surface area (Å²) in [5, 5.41) is 3.10. The molecule has 0 saturated carbocycles. The standard InChI is InChI=1S/C12H18N2O3S/c1-4-5-6-9-13-10-11-7-8-12(17-11)18(15,16)14(2)3/h7-8,13H,6,9-10H2,1-3H3. The third kappa shape index (κ3) is 3.88. The topological polar surface area (TPSA) is 62.6 Å². The molecule has 0 atom stereocenters. The number of sulfonamides is 1. The van der Waals surface area contributed by atoms with Gasteiger partial charge in [-0.3, -0.25) is 0 Å². The van der Waals surface area contributed by atoms with Gasteiger partial charge in [-0.1, -0.05) is 0 Å². The van der Waals surface area contributed by atoms with Crippen LogP contribution in [-0.2, 0) is 16.6 Å². The SMILES string of the molecule is CC#CCCNCc1ccc(S(=O)(=O)N(C)C)o1. The van der Waals surface area contributed by atoms with Gasteiger partial charge in [0.2, 0.25) is 5.09 Å². The second kappa shape index (κ2) is 6.59. The first-order valence-electron chi connectivity index (χ1n) is 5.60. The third-order valence-electron chi connectivity index (χ3n) is 2.27. The van der Waals surface area contributed by atoms with Crippen LogP contribution >= 0.6 is 0 Å². The van der Waals surface area contributed by atoms with Gasteiger partial charge in [-0.2, -0.15) is 0 Å². The monoisotopic (exact) mass is 270 g/mol. The Kier molecular flexibility index (Phi) is 5.41. The second-order valence-corrected chi connectivity index (χ2v) is 5.94. The van der Waals surface area contributed by atoms with Crippen LogP contribution < -0.4 is 5.32 Å². The second-order valence-electron chi connectivity index (χ2n) is 3.86. The first-order chi connectivity index (χ1) is 8.48. The minimum Gasteiger partial charge on any atom is -0.447 e. The Hall–Kier alpha value is -1.29. The molecule has 0 aromatic carbocycles. The summed E-state index contributed by atoms with van der Waals surface area (Å²) in [5.41, 5.74) is 0. The average molecular weight is 270 g/mol. The molecule has 0 radical (unpaired) electrons. The molecular weight excluding hydrogens is 252 g/mol. The van der Waals surface area contributed by atoms with Crippen molar-refractivity contribution in [3.05, 3.63) is 17.9 Å². The van der Waals surface area contributed by atoms with Gasteiger partial charge in [-0.15, -0.1) is 11.8 Å². The van der Waals surface area contributed by atoms with Crippen molar-refractivity contribution in [1.82, 2.24) is 9.62 Å². The zero-order valence-corrected chi connectivity index (χ0v) is 11.7. The van der Waals surface area contributed by atoms with Crippen LogP contribution in [0.2, 0.25) is 0 Å². The van der Waals surface area contributed by atoms with Crippen molar-refractivity contribution in [3.8, 4) is 11.8 Å². The molecule has 1 rings (SSSR count). The molecule has 0 saturated heterocycles. The summed E-state index contributed by atoms with van der Waals surface area (Å²) >= 11 is 0. The summed E-state index contributed by atoms with van der Waals surface area (Å²) in [6, 6.07) is 3.13. The molecule has 1 aromatic heterocycles. The van der Waals surface area contributed by atoms with Gasteiger partial charge in [0.25, 0.3) is 10.0 Å². The fourth-order valence-corrected chi connectivity index (χ4v) is 2.07. The van der Waals surface area contributed by atoms with Crippen molar-refractivity contribution in [1.29, 1.82) is 0 Å². The minimum atomic E-state index is -3.48. The molecule has 1 aromatic rings. The molecule has 100 valence electrons. The summed E-state index contributed by atoms with van der Waals surface area (Å²) in [6.07, 6.45) is 0.764. The molecule has 0 amide bonds. The Balaban J connectivity index is 2.56. The molecule has 0 aliphatic rings. The van der Waals surface area contributed by atoms with Crippen molar-refractivity contribution >= 4 is 10.0 Å². The van der Waals surface area contributed by atoms with Gasteiger partial charge >= 0.3 is 0 Å². The first kappa shape index (κ1) is 14.8. The highest BCUT2D eigenvalue weighted by molar-refractivity contribution is 7.88. The smallest absolute Gasteiger partial charge is 0.275 e. The lowest BCUT2D eigenvalue weighted by atomic mass is 10.4. The van der Waals surface area contributed by atoms with E-state index in [1.165, 1.54) is 20.2 Å². The van der Waals surface area contributed by atoms with Gasteiger partial charge in [-0.25, -0.2) is 12.7 Å². The first-order valence-corrected chi connectivity index (χ1v) is 7.04. The fourth-order valence-electron chi connectivity index (χ4n) is 1.26. The van der Waals surface area contributed by atoms with Crippen molar-refractivity contribution < 1.29 is 12.8 Å². The zero-order valence-electron chi connectivity index (χ0n) is 10.9. The van der Waals surface area contributed by atoms with Gasteiger partial charge in [0.05, 0.1) is 6.54 Å². The molecule has 0 aliphatic carbocycles. The maximum absolute atomic E-state index is 11.8. The van der Waals surface area contributed by atoms with Crippen LogP contribution in [0.5, 0.6) is 0 Å². The van der Waals surface area contributed by atoms with E-state index >= 15 is 0 Å². The van der Waals surface area contributed by atoms with E-state index in [1.807, 2.05) is 0 Å². The molecule has 0 aliphatic heterocycles. The summed E-state index contributed by atoms with van der Waals surface area (Å²) in [5.74, 6) is 6.33. The quantitative estimate of drug-likeness (QED) is 0.619. The van der Waals surface area contributed by atoms with Gasteiger partial charge < -0.3 is 9.73 Å². The van der Waals surface area contributed by atoms with Crippen molar-refractivity contribution in [2.45, 2.75) is 25.0 Å². The third-order valence-corrected chi connectivity index (χ3v) is 3.96. The lowest BCUT2D eigenvalue weighted by Gasteiger charge is -2.07. The lowest BCUT2D eigenvalue weighted by molar-refractivity contribution is 0.390. The van der Waals surface area contributed by atoms with Crippen LogP contribution in [0.15, 0.2) is 21.6 Å². The van der Waals surface area contributed by atoms with E-state index in [0.717, 1.165) is 17.3 Å². The number of hydrogen-bond donors (Lipinski definition) is 1.